The van der Waals surface area contributed by atoms with Crippen molar-refractivity contribution in [3.63, 3.8) is 0 Å². The molecule has 0 fully saturated rings. The van der Waals surface area contributed by atoms with E-state index in [-0.39, 0.29) is 0 Å². The summed E-state index contributed by atoms with van der Waals surface area (Å²) in [7, 11) is 1.71. The van der Waals surface area contributed by atoms with Crippen LogP contribution < -0.4 is 11.1 Å². The van der Waals surface area contributed by atoms with Crippen LogP contribution in [0.25, 0.3) is 0 Å². The molecule has 0 aliphatic carbocycles. The molecule has 0 saturated heterocycles. The fourth-order valence-electron chi connectivity index (χ4n) is 1.85. The summed E-state index contributed by atoms with van der Waals surface area (Å²) >= 11 is 3.23. The zero-order chi connectivity index (χ0) is 15.6. The summed E-state index contributed by atoms with van der Waals surface area (Å²) in [6, 6.07) is 3.78. The molecule has 1 heterocycles. The number of hydrogen-bond acceptors (Lipinski definition) is 4. The number of aromatic nitrogens is 2. The topological polar surface area (TPSA) is 110 Å². The lowest BCUT2D eigenvalue weighted by Gasteiger charge is -2.15. The van der Waals surface area contributed by atoms with Crippen molar-refractivity contribution in [2.45, 2.75) is 6.04 Å². The average Bonchev–Trinajstić information content (AvgIpc) is 2.81. The highest BCUT2D eigenvalue weighted by atomic mass is 79.9. The van der Waals surface area contributed by atoms with Crippen molar-refractivity contribution in [3.05, 3.63) is 46.2 Å². The van der Waals surface area contributed by atoms with Gasteiger partial charge in [0.1, 0.15) is 0 Å². The van der Waals surface area contributed by atoms with Crippen LogP contribution in [0.4, 0.5) is 5.69 Å². The summed E-state index contributed by atoms with van der Waals surface area (Å²) in [6.07, 6.45) is 3.11. The fraction of sp³-hybridized carbons (Fsp3) is 0.154. The van der Waals surface area contributed by atoms with E-state index in [4.69, 9.17) is 5.73 Å². The smallest absolute Gasteiger partial charge is 0.330 e. The van der Waals surface area contributed by atoms with Crippen molar-refractivity contribution in [1.82, 2.24) is 9.78 Å². The van der Waals surface area contributed by atoms with Crippen LogP contribution in [0.15, 0.2) is 35.1 Å². The molecule has 0 aliphatic heterocycles. The van der Waals surface area contributed by atoms with Crippen LogP contribution in [0, 0.1) is 0 Å². The van der Waals surface area contributed by atoms with Crippen LogP contribution in [-0.2, 0) is 11.8 Å². The monoisotopic (exact) mass is 352 g/mol. The number of carbonyl (C=O) groups excluding carboxylic acids is 1. The summed E-state index contributed by atoms with van der Waals surface area (Å²) in [6.45, 7) is 0. The molecule has 7 nitrogen and oxygen atoms in total. The van der Waals surface area contributed by atoms with Crippen molar-refractivity contribution < 1.29 is 14.7 Å². The van der Waals surface area contributed by atoms with Gasteiger partial charge in [-0.05, 0) is 34.1 Å². The molecule has 1 aromatic carbocycles. The lowest BCUT2D eigenvalue weighted by molar-refractivity contribution is -0.138. The first-order valence-electron chi connectivity index (χ1n) is 5.95. The van der Waals surface area contributed by atoms with Crippen molar-refractivity contribution >= 4 is 33.5 Å². The number of benzene rings is 1. The van der Waals surface area contributed by atoms with Crippen LogP contribution in [0.1, 0.15) is 22.0 Å². The van der Waals surface area contributed by atoms with Gasteiger partial charge >= 0.3 is 5.97 Å². The number of aryl methyl sites for hydroxylation is 1. The third-order valence-electron chi connectivity index (χ3n) is 2.85. The molecular formula is C13H13BrN4O3. The van der Waals surface area contributed by atoms with E-state index in [0.29, 0.717) is 21.3 Å². The highest BCUT2D eigenvalue weighted by Gasteiger charge is 2.21. The number of nitrogens with zero attached hydrogens (tertiary/aromatic N) is 2. The number of nitrogens with two attached hydrogens (primary N) is 1. The summed E-state index contributed by atoms with van der Waals surface area (Å²) in [5, 5.41) is 16.2. The zero-order valence-electron chi connectivity index (χ0n) is 11.1. The molecule has 0 aliphatic rings. The largest absolute Gasteiger partial charge is 0.479 e. The van der Waals surface area contributed by atoms with Crippen molar-refractivity contribution in [3.8, 4) is 0 Å². The summed E-state index contributed by atoms with van der Waals surface area (Å²) in [5.74, 6) is -1.59. The first-order valence-corrected chi connectivity index (χ1v) is 6.75. The van der Waals surface area contributed by atoms with E-state index >= 15 is 0 Å². The second kappa shape index (κ2) is 5.96. The van der Waals surface area contributed by atoms with Crippen LogP contribution in [0.2, 0.25) is 0 Å². The Labute approximate surface area is 128 Å². The molecule has 2 rings (SSSR count). The fourth-order valence-corrected chi connectivity index (χ4v) is 2.42. The van der Waals surface area contributed by atoms with Gasteiger partial charge in [0.2, 0.25) is 5.91 Å². The van der Waals surface area contributed by atoms with E-state index in [2.05, 4.69) is 26.3 Å². The summed E-state index contributed by atoms with van der Waals surface area (Å²) in [4.78, 5) is 22.5. The molecule has 0 spiro atoms. The standard InChI is InChI=1S/C13H13BrN4O3/c1-18-6-7(5-16-18)11(13(20)21)17-8-2-3-9(12(15)19)10(14)4-8/h2-6,11,17H,1H3,(H2,15,19)(H,20,21). The molecule has 0 bridgehead atoms. The minimum Gasteiger partial charge on any atom is -0.479 e. The number of nitrogens with one attached hydrogen (secondary N) is 1. The average molecular weight is 353 g/mol. The van der Waals surface area contributed by atoms with Gasteiger partial charge in [-0.3, -0.25) is 9.48 Å². The molecule has 4 N–H and O–H groups in total. The quantitative estimate of drug-likeness (QED) is 0.755. The van der Waals surface area contributed by atoms with Gasteiger partial charge in [-0.15, -0.1) is 0 Å². The van der Waals surface area contributed by atoms with Gasteiger partial charge in [0.15, 0.2) is 6.04 Å². The van der Waals surface area contributed by atoms with Gasteiger partial charge < -0.3 is 16.2 Å². The highest BCUT2D eigenvalue weighted by molar-refractivity contribution is 9.10. The maximum absolute atomic E-state index is 11.4. The number of primary amides is 1. The normalized spacial score (nSPS) is 11.9. The Morgan fingerprint density at radius 2 is 2.19 bits per heavy atom. The maximum Gasteiger partial charge on any atom is 0.330 e. The molecule has 1 atom stereocenters. The van der Waals surface area contributed by atoms with Crippen LogP contribution in [0.5, 0.6) is 0 Å². The van der Waals surface area contributed by atoms with E-state index < -0.39 is 17.9 Å². The van der Waals surface area contributed by atoms with E-state index in [1.54, 1.807) is 25.4 Å². The molecular weight excluding hydrogens is 340 g/mol. The SMILES string of the molecule is Cn1cc(C(Nc2ccc(C(N)=O)c(Br)c2)C(=O)O)cn1. The van der Waals surface area contributed by atoms with E-state index in [1.165, 1.54) is 16.9 Å². The predicted octanol–water partition coefficient (Wildman–Crippen LogP) is 1.52. The van der Waals surface area contributed by atoms with Crippen molar-refractivity contribution in [1.29, 1.82) is 0 Å². The third kappa shape index (κ3) is 3.40. The highest BCUT2D eigenvalue weighted by Crippen LogP contribution is 2.25. The zero-order valence-corrected chi connectivity index (χ0v) is 12.7. The maximum atomic E-state index is 11.4. The molecule has 1 unspecified atom stereocenters. The number of hydrogen-bond donors (Lipinski definition) is 3. The molecule has 21 heavy (non-hydrogen) atoms. The first-order chi connectivity index (χ1) is 9.88. The Balaban J connectivity index is 2.28. The Bertz CT molecular complexity index is 698. The Morgan fingerprint density at radius 1 is 1.48 bits per heavy atom. The number of aliphatic carboxylic acids is 1. The number of rotatable bonds is 5. The number of carbonyl (C=O) groups is 2. The third-order valence-corrected chi connectivity index (χ3v) is 3.51. The number of anilines is 1. The first kappa shape index (κ1) is 15.0. The summed E-state index contributed by atoms with van der Waals surface area (Å²) in [5.41, 5.74) is 6.61. The van der Waals surface area contributed by atoms with Crippen LogP contribution >= 0.6 is 15.9 Å². The van der Waals surface area contributed by atoms with Gasteiger partial charge in [0, 0.05) is 29.0 Å². The second-order valence-corrected chi connectivity index (χ2v) is 5.28. The van der Waals surface area contributed by atoms with Gasteiger partial charge in [-0.25, -0.2) is 4.79 Å². The summed E-state index contributed by atoms with van der Waals surface area (Å²) < 4.78 is 2.02. The molecule has 0 saturated carbocycles. The molecule has 1 amide bonds. The van der Waals surface area contributed by atoms with E-state index in [1.807, 2.05) is 0 Å². The number of halogens is 1. The molecule has 0 radical (unpaired) electrons. The van der Waals surface area contributed by atoms with Gasteiger partial charge in [0.25, 0.3) is 0 Å². The minimum atomic E-state index is -1.03. The van der Waals surface area contributed by atoms with Gasteiger partial charge in [0.05, 0.1) is 11.8 Å². The molecule has 8 heteroatoms. The van der Waals surface area contributed by atoms with E-state index in [0.717, 1.165) is 0 Å². The lowest BCUT2D eigenvalue weighted by atomic mass is 10.1. The number of amides is 1. The van der Waals surface area contributed by atoms with Crippen molar-refractivity contribution in [2.24, 2.45) is 12.8 Å². The second-order valence-electron chi connectivity index (χ2n) is 4.42. The Morgan fingerprint density at radius 3 is 2.67 bits per heavy atom. The van der Waals surface area contributed by atoms with Gasteiger partial charge in [-0.2, -0.15) is 5.10 Å². The number of carboxylic acids is 1. The Hall–Kier alpha value is -2.35. The minimum absolute atomic E-state index is 0.328. The Kier molecular flexibility index (Phi) is 4.27. The van der Waals surface area contributed by atoms with Crippen LogP contribution in [-0.4, -0.2) is 26.8 Å². The molecule has 2 aromatic rings. The van der Waals surface area contributed by atoms with E-state index in [9.17, 15) is 14.7 Å². The number of carboxylic acid groups (broad SMARTS) is 1. The van der Waals surface area contributed by atoms with Gasteiger partial charge in [-0.1, -0.05) is 0 Å². The predicted molar refractivity (Wildman–Crippen MR) is 79.9 cm³/mol. The lowest BCUT2D eigenvalue weighted by Crippen LogP contribution is -2.20. The molecule has 110 valence electrons. The van der Waals surface area contributed by atoms with Crippen LogP contribution in [0.3, 0.4) is 0 Å². The van der Waals surface area contributed by atoms with Crippen molar-refractivity contribution in [2.75, 3.05) is 5.32 Å². The molecule has 1 aromatic heterocycles.